The molecule has 11 heteroatoms. The maximum atomic E-state index is 17.5. The van der Waals surface area contributed by atoms with Crippen LogP contribution in [0.3, 0.4) is 0 Å². The molecular formula is C30H40F2O9. The summed E-state index contributed by atoms with van der Waals surface area (Å²) in [5.41, 5.74) is -7.34. The minimum atomic E-state index is -2.37. The fourth-order valence-electron chi connectivity index (χ4n) is 8.35. The number of ketones is 2. The van der Waals surface area contributed by atoms with Crippen LogP contribution in [-0.4, -0.2) is 72.9 Å². The summed E-state index contributed by atoms with van der Waals surface area (Å²) in [5, 5.41) is 11.6. The zero-order valence-electron chi connectivity index (χ0n) is 24.2. The summed E-state index contributed by atoms with van der Waals surface area (Å²) >= 11 is 0. The van der Waals surface area contributed by atoms with Gasteiger partial charge in [0.15, 0.2) is 23.7 Å². The standard InChI is InChI=1S/C30H40F2O9/c1-6-7-8-11-39-26(37)41-30(24(35)16-40-25(36)38-5)17(2)12-19-20-14-22(31)21-13-18(33)9-10-27(21,3)29(20,32)23(34)15-28(19,30)4/h9-10,13,17,19-20,22-23,34H,6-8,11-12,14-16H2,1-5H3/t17-,19+,20+,22+,23+,27+,28+,29+,30+/m1/s1. The molecule has 41 heavy (non-hydrogen) atoms. The number of Topliss-reactive ketones (excluding diaryl/α,β-unsaturated/α-hetero) is 1. The van der Waals surface area contributed by atoms with E-state index in [4.69, 9.17) is 14.2 Å². The van der Waals surface area contributed by atoms with Crippen LogP contribution in [-0.2, 0) is 28.5 Å². The van der Waals surface area contributed by atoms with Crippen molar-refractivity contribution < 1.29 is 52.0 Å². The normalized spacial score (nSPS) is 40.9. The van der Waals surface area contributed by atoms with Crippen LogP contribution in [0, 0.1) is 28.6 Å². The Morgan fingerprint density at radius 2 is 1.80 bits per heavy atom. The number of hydrogen-bond acceptors (Lipinski definition) is 9. The zero-order valence-corrected chi connectivity index (χ0v) is 24.2. The predicted molar refractivity (Wildman–Crippen MR) is 141 cm³/mol. The molecule has 0 bridgehead atoms. The SMILES string of the molecule is CCCCCOC(=O)O[C@]1(C(=O)COC(=O)OC)[C@H](C)C[C@H]2[C@@H]3C[C@H](F)C4=CC(=O)C=C[C@]4(C)[C@@]3(F)[C@@H](O)C[C@@]21C. The lowest BCUT2D eigenvalue weighted by Gasteiger charge is -2.63. The number of aliphatic hydroxyl groups excluding tert-OH is 1. The number of fused-ring (bicyclic) bond motifs is 5. The highest BCUT2D eigenvalue weighted by molar-refractivity contribution is 6.01. The molecule has 4 aliphatic rings. The third kappa shape index (κ3) is 4.58. The Morgan fingerprint density at radius 3 is 2.46 bits per heavy atom. The van der Waals surface area contributed by atoms with Crippen LogP contribution in [0.4, 0.5) is 18.4 Å². The summed E-state index contributed by atoms with van der Waals surface area (Å²) in [6.07, 6.45) is -0.160. The summed E-state index contributed by atoms with van der Waals surface area (Å²) in [4.78, 5) is 50.7. The van der Waals surface area contributed by atoms with Gasteiger partial charge >= 0.3 is 12.3 Å². The van der Waals surface area contributed by atoms with Crippen molar-refractivity contribution >= 4 is 23.9 Å². The maximum absolute atomic E-state index is 17.5. The molecule has 9 nitrogen and oxygen atoms in total. The second-order valence-electron chi connectivity index (χ2n) is 12.3. The van der Waals surface area contributed by atoms with Gasteiger partial charge in [0, 0.05) is 22.7 Å². The van der Waals surface area contributed by atoms with Gasteiger partial charge in [0.2, 0.25) is 5.78 Å². The number of carbonyl (C=O) groups excluding carboxylic acids is 4. The van der Waals surface area contributed by atoms with Crippen LogP contribution in [0.25, 0.3) is 0 Å². The number of allylic oxidation sites excluding steroid dienone is 4. The number of aliphatic hydroxyl groups is 1. The summed E-state index contributed by atoms with van der Waals surface area (Å²) in [7, 11) is 1.08. The largest absolute Gasteiger partial charge is 0.509 e. The van der Waals surface area contributed by atoms with Gasteiger partial charge in [-0.05, 0) is 56.3 Å². The molecule has 9 atom stereocenters. The van der Waals surface area contributed by atoms with Crippen LogP contribution in [0.15, 0.2) is 23.8 Å². The van der Waals surface area contributed by atoms with E-state index >= 15 is 8.78 Å². The lowest BCUT2D eigenvalue weighted by molar-refractivity contribution is -0.226. The Bertz CT molecular complexity index is 1150. The van der Waals surface area contributed by atoms with Crippen molar-refractivity contribution in [3.63, 3.8) is 0 Å². The van der Waals surface area contributed by atoms with E-state index in [9.17, 15) is 24.3 Å². The van der Waals surface area contributed by atoms with E-state index in [0.29, 0.717) is 6.42 Å². The molecule has 4 rings (SSSR count). The first-order valence-corrected chi connectivity index (χ1v) is 14.3. The maximum Gasteiger partial charge on any atom is 0.509 e. The molecule has 0 radical (unpaired) electrons. The fourth-order valence-corrected chi connectivity index (χ4v) is 8.35. The molecule has 0 heterocycles. The third-order valence-electron chi connectivity index (χ3n) is 10.3. The van der Waals surface area contributed by atoms with Crippen LogP contribution >= 0.6 is 0 Å². The van der Waals surface area contributed by atoms with Crippen LogP contribution in [0.5, 0.6) is 0 Å². The number of halogens is 2. The number of carbonyl (C=O) groups is 4. The smallest absolute Gasteiger partial charge is 0.438 e. The Hall–Kier alpha value is -2.82. The van der Waals surface area contributed by atoms with Gasteiger partial charge in [-0.3, -0.25) is 9.59 Å². The monoisotopic (exact) mass is 582 g/mol. The number of hydrogen-bond donors (Lipinski definition) is 1. The molecule has 0 aromatic rings. The number of methoxy groups -OCH3 is 1. The molecule has 0 saturated heterocycles. The topological polar surface area (TPSA) is 125 Å². The molecule has 3 fully saturated rings. The van der Waals surface area contributed by atoms with Crippen molar-refractivity contribution in [1.82, 2.24) is 0 Å². The highest BCUT2D eigenvalue weighted by Crippen LogP contribution is 2.71. The molecule has 0 aromatic carbocycles. The fraction of sp³-hybridized carbons (Fsp3) is 0.733. The van der Waals surface area contributed by atoms with Crippen molar-refractivity contribution in [2.24, 2.45) is 28.6 Å². The predicted octanol–water partition coefficient (Wildman–Crippen LogP) is 4.99. The van der Waals surface area contributed by atoms with E-state index in [1.165, 1.54) is 19.1 Å². The van der Waals surface area contributed by atoms with E-state index in [-0.39, 0.29) is 31.4 Å². The lowest BCUT2D eigenvalue weighted by Crippen LogP contribution is -2.71. The minimum absolute atomic E-state index is 0.0156. The first kappa shape index (κ1) is 31.1. The molecule has 228 valence electrons. The third-order valence-corrected chi connectivity index (χ3v) is 10.3. The number of unbranched alkanes of at least 4 members (excludes halogenated alkanes) is 2. The van der Waals surface area contributed by atoms with Gasteiger partial charge in [0.05, 0.1) is 19.8 Å². The summed E-state index contributed by atoms with van der Waals surface area (Å²) < 4.78 is 53.8. The molecule has 0 spiro atoms. The second kappa shape index (κ2) is 11.1. The molecule has 0 aliphatic heterocycles. The van der Waals surface area contributed by atoms with Gasteiger partial charge in [-0.1, -0.05) is 39.7 Å². The minimum Gasteiger partial charge on any atom is -0.438 e. The summed E-state index contributed by atoms with van der Waals surface area (Å²) in [6, 6.07) is 0. The van der Waals surface area contributed by atoms with Gasteiger partial charge in [0.25, 0.3) is 0 Å². The van der Waals surface area contributed by atoms with E-state index in [0.717, 1.165) is 26.0 Å². The average molecular weight is 583 g/mol. The van der Waals surface area contributed by atoms with E-state index in [1.807, 2.05) is 6.92 Å². The van der Waals surface area contributed by atoms with Gasteiger partial charge < -0.3 is 24.1 Å². The number of ether oxygens (including phenoxy) is 4. The van der Waals surface area contributed by atoms with Crippen molar-refractivity contribution in [2.45, 2.75) is 89.8 Å². The second-order valence-corrected chi connectivity index (χ2v) is 12.3. The molecule has 0 aromatic heterocycles. The summed E-state index contributed by atoms with van der Waals surface area (Å²) in [5.74, 6) is -3.76. The van der Waals surface area contributed by atoms with Crippen molar-refractivity contribution in [3.05, 3.63) is 23.8 Å². The van der Waals surface area contributed by atoms with Crippen molar-refractivity contribution in [2.75, 3.05) is 20.3 Å². The Kier molecular flexibility index (Phi) is 8.44. The number of alkyl halides is 2. The quantitative estimate of drug-likeness (QED) is 0.311. The highest BCUT2D eigenvalue weighted by atomic mass is 19.1. The first-order valence-electron chi connectivity index (χ1n) is 14.3. The number of rotatable bonds is 8. The van der Waals surface area contributed by atoms with Gasteiger partial charge in [0.1, 0.15) is 6.17 Å². The first-order chi connectivity index (χ1) is 19.2. The molecular weight excluding hydrogens is 542 g/mol. The molecule has 0 unspecified atom stereocenters. The van der Waals surface area contributed by atoms with Gasteiger partial charge in [-0.2, -0.15) is 0 Å². The van der Waals surface area contributed by atoms with Crippen molar-refractivity contribution in [1.29, 1.82) is 0 Å². The molecule has 4 aliphatic carbocycles. The molecule has 3 saturated carbocycles. The average Bonchev–Trinajstić information content (AvgIpc) is 3.14. The van der Waals surface area contributed by atoms with Crippen LogP contribution in [0.1, 0.15) is 66.2 Å². The highest BCUT2D eigenvalue weighted by Gasteiger charge is 2.78. The Labute approximate surface area is 238 Å². The zero-order chi connectivity index (χ0) is 30.4. The van der Waals surface area contributed by atoms with Gasteiger partial charge in [-0.15, -0.1) is 0 Å². The Balaban J connectivity index is 1.76. The Morgan fingerprint density at radius 1 is 1.10 bits per heavy atom. The lowest BCUT2D eigenvalue weighted by atomic mass is 9.44. The van der Waals surface area contributed by atoms with Gasteiger partial charge in [-0.25, -0.2) is 18.4 Å². The van der Waals surface area contributed by atoms with E-state index in [1.54, 1.807) is 13.8 Å². The summed E-state index contributed by atoms with van der Waals surface area (Å²) in [6.45, 7) is 6.03. The van der Waals surface area contributed by atoms with Crippen molar-refractivity contribution in [3.8, 4) is 0 Å². The van der Waals surface area contributed by atoms with E-state index in [2.05, 4.69) is 4.74 Å². The van der Waals surface area contributed by atoms with Crippen LogP contribution < -0.4 is 0 Å². The molecule has 1 N–H and O–H groups in total. The van der Waals surface area contributed by atoms with E-state index < -0.39 is 82.6 Å². The van der Waals surface area contributed by atoms with Crippen LogP contribution in [0.2, 0.25) is 0 Å². The molecule has 0 amide bonds.